The molecular formula is C25H41NSiTi-4. The second-order valence-corrected chi connectivity index (χ2v) is 14.9. The normalized spacial score (nSPS) is 16.0. The molecule has 1 saturated carbocycles. The molecule has 0 amide bonds. The van der Waals surface area contributed by atoms with Crippen molar-refractivity contribution in [3.05, 3.63) is 61.5 Å². The van der Waals surface area contributed by atoms with Gasteiger partial charge < -0.3 is 20.6 Å². The van der Waals surface area contributed by atoms with Crippen molar-refractivity contribution in [2.45, 2.75) is 90.3 Å². The Morgan fingerprint density at radius 2 is 1.39 bits per heavy atom. The van der Waals surface area contributed by atoms with Crippen LogP contribution in [0.2, 0.25) is 13.1 Å². The van der Waals surface area contributed by atoms with Crippen LogP contribution in [0.3, 0.4) is 0 Å². The molecule has 0 radical (unpaired) electrons. The molecule has 1 fully saturated rings. The zero-order valence-electron chi connectivity index (χ0n) is 19.0. The van der Waals surface area contributed by atoms with E-state index in [1.807, 2.05) is 0 Å². The van der Waals surface area contributed by atoms with E-state index >= 15 is 0 Å². The fourth-order valence-electron chi connectivity index (χ4n) is 3.90. The summed E-state index contributed by atoms with van der Waals surface area (Å²) in [7, 11) is 0. The first kappa shape index (κ1) is 27.7. The maximum Gasteiger partial charge on any atom is -0.0289 e. The van der Waals surface area contributed by atoms with Crippen molar-refractivity contribution in [1.82, 2.24) is 0 Å². The van der Waals surface area contributed by atoms with E-state index in [2.05, 4.69) is 63.5 Å². The van der Waals surface area contributed by atoms with Gasteiger partial charge in [0.25, 0.3) is 0 Å². The van der Waals surface area contributed by atoms with Gasteiger partial charge in [0.15, 0.2) is 0 Å². The first-order valence-corrected chi connectivity index (χ1v) is 15.2. The van der Waals surface area contributed by atoms with Crippen LogP contribution in [0.25, 0.3) is 16.5 Å². The maximum atomic E-state index is 7.51. The third kappa shape index (κ3) is 9.96. The number of rotatable bonds is 0. The van der Waals surface area contributed by atoms with Crippen LogP contribution in [0.4, 0.5) is 0 Å². The predicted octanol–water partition coefficient (Wildman–Crippen LogP) is 8.19. The van der Waals surface area contributed by atoms with Gasteiger partial charge in [-0.1, -0.05) is 63.0 Å². The topological polar surface area (TPSA) is 23.8 Å². The zero-order chi connectivity index (χ0) is 18.9. The summed E-state index contributed by atoms with van der Waals surface area (Å²) < 4.78 is 0. The van der Waals surface area contributed by atoms with Crippen LogP contribution in [0.1, 0.15) is 68.1 Å². The minimum atomic E-state index is 0. The van der Waals surface area contributed by atoms with Gasteiger partial charge in [-0.05, 0) is 19.3 Å². The molecule has 2 aromatic rings. The zero-order valence-corrected chi connectivity index (χ0v) is 21.5. The minimum absolute atomic E-state index is 0. The van der Waals surface area contributed by atoms with Gasteiger partial charge in [0.05, 0.1) is 0 Å². The second-order valence-electron chi connectivity index (χ2n) is 8.18. The van der Waals surface area contributed by atoms with Crippen LogP contribution in [0.15, 0.2) is 24.3 Å². The summed E-state index contributed by atoms with van der Waals surface area (Å²) in [6.45, 7) is 6.71. The number of hydrogen-bond acceptors (Lipinski definition) is 0. The Kier molecular flexibility index (Phi) is 14.5. The summed E-state index contributed by atoms with van der Waals surface area (Å²) in [6.07, 6.45) is 13.1. The summed E-state index contributed by atoms with van der Waals surface area (Å²) in [6, 6.07) is 9.60. The van der Waals surface area contributed by atoms with Gasteiger partial charge in [-0.3, -0.25) is 0 Å². The van der Waals surface area contributed by atoms with E-state index in [1.54, 1.807) is 11.1 Å². The molecule has 0 spiro atoms. The van der Waals surface area contributed by atoms with E-state index < -0.39 is 0 Å². The van der Waals surface area contributed by atoms with E-state index in [9.17, 15) is 0 Å². The van der Waals surface area contributed by atoms with Crippen molar-refractivity contribution in [3.63, 3.8) is 0 Å². The van der Waals surface area contributed by atoms with Crippen molar-refractivity contribution < 1.29 is 19.2 Å². The molecule has 2 aliphatic carbocycles. The molecule has 0 saturated heterocycles. The van der Waals surface area contributed by atoms with Crippen LogP contribution >= 0.6 is 0 Å². The van der Waals surface area contributed by atoms with Gasteiger partial charge in [-0.2, -0.15) is 6.07 Å². The van der Waals surface area contributed by atoms with Gasteiger partial charge in [-0.25, -0.2) is 0 Å². The summed E-state index contributed by atoms with van der Waals surface area (Å²) in [4.78, 5) is 0. The number of fused-ring (bicyclic) bond motifs is 2. The van der Waals surface area contributed by atoms with Crippen molar-refractivity contribution >= 4 is 17.0 Å². The van der Waals surface area contributed by atoms with E-state index in [-0.39, 0.29) is 27.1 Å². The fraction of sp³-hybridized carbons (Fsp3) is 0.560. The van der Waals surface area contributed by atoms with Crippen LogP contribution in [0.5, 0.6) is 0 Å². The molecule has 3 heteroatoms. The Morgan fingerprint density at radius 1 is 0.893 bits per heavy atom. The summed E-state index contributed by atoms with van der Waals surface area (Å²) in [5.74, 6) is 0. The molecule has 0 bridgehead atoms. The summed E-state index contributed by atoms with van der Waals surface area (Å²) in [5, 5.41) is 2.86. The Morgan fingerprint density at radius 3 is 1.96 bits per heavy atom. The van der Waals surface area contributed by atoms with Gasteiger partial charge in [-0.15, -0.1) is 40.6 Å². The van der Waals surface area contributed by atoms with Gasteiger partial charge in [0.1, 0.15) is 0 Å². The van der Waals surface area contributed by atoms with Crippen molar-refractivity contribution in [1.29, 1.82) is 0 Å². The van der Waals surface area contributed by atoms with Crippen LogP contribution in [0, 0.1) is 21.8 Å². The van der Waals surface area contributed by atoms with Crippen molar-refractivity contribution in [3.8, 4) is 0 Å². The number of nitrogens with one attached hydrogen (secondary N) is 1. The Balaban J connectivity index is 0.000000432. The molecule has 158 valence electrons. The van der Waals surface area contributed by atoms with E-state index in [1.165, 1.54) is 67.7 Å². The molecule has 2 aromatic carbocycles. The molecule has 2 aliphatic rings. The largest absolute Gasteiger partial charge is 0.675 e. The van der Waals surface area contributed by atoms with Crippen LogP contribution < -0.4 is 0 Å². The molecule has 0 aliphatic heterocycles. The molecule has 28 heavy (non-hydrogen) atoms. The molecular weight excluding hydrogens is 390 g/mol. The first-order valence-electron chi connectivity index (χ1n) is 10.4. The SMILES string of the molecule is C[Si](C)=[Ti].Cc1cc2cc3c(cc2[cH-]1)CCC3.[CH3-].[CH3-].[NH-]C1CCCCCCC1. The third-order valence-corrected chi connectivity index (χ3v) is 5.17. The summed E-state index contributed by atoms with van der Waals surface area (Å²) in [5.41, 5.74) is 12.1. The van der Waals surface area contributed by atoms with Gasteiger partial charge in [0.2, 0.25) is 0 Å². The van der Waals surface area contributed by atoms with Gasteiger partial charge in [0, 0.05) is 0 Å². The van der Waals surface area contributed by atoms with Crippen molar-refractivity contribution in [2.75, 3.05) is 0 Å². The molecule has 0 heterocycles. The third-order valence-electron chi connectivity index (χ3n) is 5.17. The standard InChI is InChI=1S/C13H13.C8H16N.C2H6Si.2CH3.Ti/c1-9-5-12-7-10-3-2-4-11(10)8-13(12)6-9;9-8-6-4-2-1-3-5-7-8;1-3-2;;;/h5-8H,2-4H2,1H3;8-9H,1-7H2;1-2H3;2*1H3;/q2*-1;;2*-1;. The smallest absolute Gasteiger partial charge is 0.0289 e. The molecule has 1 nitrogen and oxygen atoms in total. The maximum absolute atomic E-state index is 7.51. The average molecular weight is 432 g/mol. The van der Waals surface area contributed by atoms with E-state index in [0.717, 1.165) is 12.8 Å². The quantitative estimate of drug-likeness (QED) is 0.297. The molecule has 0 aromatic heterocycles. The fourth-order valence-corrected chi connectivity index (χ4v) is 3.90. The number of aryl methyl sites for hydroxylation is 3. The Labute approximate surface area is 187 Å². The van der Waals surface area contributed by atoms with E-state index in [4.69, 9.17) is 5.73 Å². The summed E-state index contributed by atoms with van der Waals surface area (Å²) >= 11 is 2.27. The second kappa shape index (κ2) is 14.7. The van der Waals surface area contributed by atoms with Gasteiger partial charge >= 0.3 is 38.5 Å². The van der Waals surface area contributed by atoms with Crippen LogP contribution in [-0.2, 0) is 32.0 Å². The molecule has 1 N–H and O–H groups in total. The van der Waals surface area contributed by atoms with Crippen molar-refractivity contribution in [2.24, 2.45) is 0 Å². The molecule has 4 rings (SSSR count). The molecule has 0 unspecified atom stereocenters. The molecule has 0 atom stereocenters. The van der Waals surface area contributed by atoms with Crippen LogP contribution in [-0.4, -0.2) is 12.2 Å². The first-order chi connectivity index (χ1) is 12.5. The Hall–Kier alpha value is -0.279. The Bertz CT molecular complexity index is 651. The number of benzene rings is 1. The predicted molar refractivity (Wildman–Crippen MR) is 127 cm³/mol. The minimum Gasteiger partial charge on any atom is -0.675 e. The average Bonchev–Trinajstić information content (AvgIpc) is 3.12. The monoisotopic (exact) mass is 431 g/mol. The van der Waals surface area contributed by atoms with E-state index in [0.29, 0.717) is 0 Å². The number of hydrogen-bond donors (Lipinski definition) is 0.